The molecule has 0 aliphatic rings. The Kier molecular flexibility index (Phi) is 4.62. The van der Waals surface area contributed by atoms with Crippen LogP contribution in [0.2, 0.25) is 0 Å². The van der Waals surface area contributed by atoms with Crippen molar-refractivity contribution in [3.8, 4) is 0 Å². The fraction of sp³-hybridized carbons (Fsp3) is 0.600. The van der Waals surface area contributed by atoms with Crippen LogP contribution in [0.1, 0.15) is 20.3 Å². The minimum absolute atomic E-state index is 0.150. The third-order valence-electron chi connectivity index (χ3n) is 2.28. The summed E-state index contributed by atoms with van der Waals surface area (Å²) >= 11 is 0. The average molecular weight is 240 g/mol. The predicted octanol–water partition coefficient (Wildman–Crippen LogP) is -0.106. The molecular weight excluding hydrogens is 224 g/mol. The van der Waals surface area contributed by atoms with E-state index in [4.69, 9.17) is 5.11 Å². The van der Waals surface area contributed by atoms with Crippen molar-refractivity contribution in [1.82, 2.24) is 20.1 Å². The van der Waals surface area contributed by atoms with Crippen molar-refractivity contribution in [3.05, 3.63) is 12.7 Å². The van der Waals surface area contributed by atoms with E-state index in [0.717, 1.165) is 0 Å². The first kappa shape index (κ1) is 13.1. The summed E-state index contributed by atoms with van der Waals surface area (Å²) < 4.78 is 1.52. The lowest BCUT2D eigenvalue weighted by Crippen LogP contribution is -2.44. The van der Waals surface area contributed by atoms with Crippen LogP contribution in [0.25, 0.3) is 0 Å². The molecule has 1 aromatic heterocycles. The van der Waals surface area contributed by atoms with Crippen molar-refractivity contribution in [2.75, 3.05) is 0 Å². The molecule has 2 N–H and O–H groups in total. The molecule has 0 aliphatic carbocycles. The summed E-state index contributed by atoms with van der Waals surface area (Å²) in [6.07, 6.45) is 3.07. The second-order valence-electron chi connectivity index (χ2n) is 4.04. The van der Waals surface area contributed by atoms with Gasteiger partial charge in [0.05, 0.1) is 6.54 Å². The molecule has 7 heteroatoms. The number of carboxylic acid groups (broad SMARTS) is 1. The van der Waals surface area contributed by atoms with Crippen LogP contribution in [0.4, 0.5) is 0 Å². The average Bonchev–Trinajstić information content (AvgIpc) is 2.74. The van der Waals surface area contributed by atoms with Gasteiger partial charge in [-0.05, 0) is 5.92 Å². The van der Waals surface area contributed by atoms with Gasteiger partial charge in [0, 0.05) is 6.42 Å². The van der Waals surface area contributed by atoms with E-state index in [0.29, 0.717) is 6.54 Å². The van der Waals surface area contributed by atoms with Gasteiger partial charge >= 0.3 is 5.97 Å². The summed E-state index contributed by atoms with van der Waals surface area (Å²) in [4.78, 5) is 26.1. The number of nitrogens with zero attached hydrogens (tertiary/aromatic N) is 3. The van der Waals surface area contributed by atoms with Gasteiger partial charge in [0.15, 0.2) is 0 Å². The number of carbonyl (C=O) groups is 2. The van der Waals surface area contributed by atoms with Gasteiger partial charge in [-0.25, -0.2) is 9.78 Å². The highest BCUT2D eigenvalue weighted by Gasteiger charge is 2.22. The van der Waals surface area contributed by atoms with Gasteiger partial charge in [0.25, 0.3) is 0 Å². The van der Waals surface area contributed by atoms with Crippen molar-refractivity contribution in [2.45, 2.75) is 32.9 Å². The van der Waals surface area contributed by atoms with Crippen LogP contribution >= 0.6 is 0 Å². The number of hydrogen-bond acceptors (Lipinski definition) is 4. The van der Waals surface area contributed by atoms with Crippen LogP contribution in [0, 0.1) is 5.92 Å². The van der Waals surface area contributed by atoms with Crippen molar-refractivity contribution in [3.63, 3.8) is 0 Å². The number of hydrogen-bond donors (Lipinski definition) is 2. The lowest BCUT2D eigenvalue weighted by Gasteiger charge is -2.17. The fourth-order valence-electron chi connectivity index (χ4n) is 1.32. The Hall–Kier alpha value is -1.92. The zero-order chi connectivity index (χ0) is 12.8. The van der Waals surface area contributed by atoms with Crippen LogP contribution in [0.15, 0.2) is 12.7 Å². The molecule has 0 saturated heterocycles. The maximum absolute atomic E-state index is 11.5. The highest BCUT2D eigenvalue weighted by Crippen LogP contribution is 2.02. The van der Waals surface area contributed by atoms with E-state index in [1.165, 1.54) is 17.3 Å². The molecule has 1 heterocycles. The molecule has 17 heavy (non-hydrogen) atoms. The molecule has 1 atom stereocenters. The second kappa shape index (κ2) is 5.97. The summed E-state index contributed by atoms with van der Waals surface area (Å²) in [6.45, 7) is 3.88. The van der Waals surface area contributed by atoms with Gasteiger partial charge in [-0.2, -0.15) is 5.10 Å². The highest BCUT2D eigenvalue weighted by atomic mass is 16.4. The fourth-order valence-corrected chi connectivity index (χ4v) is 1.32. The highest BCUT2D eigenvalue weighted by molar-refractivity contribution is 5.83. The standard InChI is InChI=1S/C10H16N4O3/c1-7(2)9(10(16)17)13-8(15)3-4-14-6-11-5-12-14/h5-7,9H,3-4H2,1-2H3,(H,13,15)(H,16,17)/t9-/m1/s1. The summed E-state index contributed by atoms with van der Waals surface area (Å²) in [5, 5.41) is 15.2. The van der Waals surface area contributed by atoms with Crippen LogP contribution < -0.4 is 5.32 Å². The van der Waals surface area contributed by atoms with E-state index in [1.807, 2.05) is 0 Å². The van der Waals surface area contributed by atoms with E-state index in [2.05, 4.69) is 15.4 Å². The second-order valence-corrected chi connectivity index (χ2v) is 4.04. The lowest BCUT2D eigenvalue weighted by molar-refractivity contribution is -0.143. The van der Waals surface area contributed by atoms with Gasteiger partial charge in [0.1, 0.15) is 18.7 Å². The molecule has 0 saturated carbocycles. The van der Waals surface area contributed by atoms with E-state index >= 15 is 0 Å². The molecule has 0 aliphatic heterocycles. The number of carbonyl (C=O) groups excluding carboxylic acids is 1. The topological polar surface area (TPSA) is 97.1 Å². The number of aryl methyl sites for hydroxylation is 1. The Bertz CT molecular complexity index is 375. The van der Waals surface area contributed by atoms with Gasteiger partial charge in [-0.3, -0.25) is 9.48 Å². The number of aromatic nitrogens is 3. The Morgan fingerprint density at radius 2 is 2.18 bits per heavy atom. The first-order valence-corrected chi connectivity index (χ1v) is 5.35. The normalized spacial score (nSPS) is 12.4. The Labute approximate surface area is 98.8 Å². The molecule has 0 bridgehead atoms. The molecule has 0 aromatic carbocycles. The van der Waals surface area contributed by atoms with Gasteiger partial charge in [0.2, 0.25) is 5.91 Å². The molecule has 7 nitrogen and oxygen atoms in total. The van der Waals surface area contributed by atoms with E-state index < -0.39 is 12.0 Å². The molecule has 0 unspecified atom stereocenters. The number of amides is 1. The molecule has 94 valence electrons. The third kappa shape index (κ3) is 4.21. The SMILES string of the molecule is CC(C)[C@@H](NC(=O)CCn1cncn1)C(=O)O. The summed E-state index contributed by atoms with van der Waals surface area (Å²) in [5.41, 5.74) is 0. The predicted molar refractivity (Wildman–Crippen MR) is 59.0 cm³/mol. The number of nitrogens with one attached hydrogen (secondary N) is 1. The summed E-state index contributed by atoms with van der Waals surface area (Å²) in [5.74, 6) is -1.47. The molecular formula is C10H16N4O3. The van der Waals surface area contributed by atoms with Crippen molar-refractivity contribution in [1.29, 1.82) is 0 Å². The lowest BCUT2D eigenvalue weighted by atomic mass is 10.0. The van der Waals surface area contributed by atoms with Gasteiger partial charge in [-0.1, -0.05) is 13.8 Å². The van der Waals surface area contributed by atoms with Crippen molar-refractivity contribution in [2.24, 2.45) is 5.92 Å². The van der Waals surface area contributed by atoms with Crippen LogP contribution in [0.3, 0.4) is 0 Å². The molecule has 0 spiro atoms. The first-order chi connectivity index (χ1) is 8.00. The summed E-state index contributed by atoms with van der Waals surface area (Å²) in [6, 6.07) is -0.849. The largest absolute Gasteiger partial charge is 0.480 e. The Morgan fingerprint density at radius 1 is 1.47 bits per heavy atom. The molecule has 0 fully saturated rings. The minimum atomic E-state index is -1.02. The monoisotopic (exact) mass is 240 g/mol. The maximum Gasteiger partial charge on any atom is 0.326 e. The van der Waals surface area contributed by atoms with Crippen LogP contribution in [0.5, 0.6) is 0 Å². The van der Waals surface area contributed by atoms with Crippen molar-refractivity contribution >= 4 is 11.9 Å². The Balaban J connectivity index is 2.40. The van der Waals surface area contributed by atoms with Crippen LogP contribution in [-0.2, 0) is 16.1 Å². The Morgan fingerprint density at radius 3 is 2.65 bits per heavy atom. The molecule has 0 radical (unpaired) electrons. The van der Waals surface area contributed by atoms with Gasteiger partial charge in [-0.15, -0.1) is 0 Å². The van der Waals surface area contributed by atoms with E-state index in [9.17, 15) is 9.59 Å². The van der Waals surface area contributed by atoms with Crippen LogP contribution in [-0.4, -0.2) is 37.8 Å². The summed E-state index contributed by atoms with van der Waals surface area (Å²) in [7, 11) is 0. The number of rotatable bonds is 6. The quantitative estimate of drug-likeness (QED) is 0.723. The minimum Gasteiger partial charge on any atom is -0.480 e. The molecule has 1 rings (SSSR count). The zero-order valence-corrected chi connectivity index (χ0v) is 9.83. The van der Waals surface area contributed by atoms with E-state index in [-0.39, 0.29) is 18.2 Å². The van der Waals surface area contributed by atoms with Gasteiger partial charge < -0.3 is 10.4 Å². The number of aliphatic carboxylic acids is 1. The zero-order valence-electron chi connectivity index (χ0n) is 9.83. The van der Waals surface area contributed by atoms with Crippen molar-refractivity contribution < 1.29 is 14.7 Å². The molecule has 1 amide bonds. The molecule has 1 aromatic rings. The third-order valence-corrected chi connectivity index (χ3v) is 2.28. The number of carboxylic acids is 1. The maximum atomic E-state index is 11.5. The van der Waals surface area contributed by atoms with E-state index in [1.54, 1.807) is 13.8 Å². The first-order valence-electron chi connectivity index (χ1n) is 5.35. The smallest absolute Gasteiger partial charge is 0.326 e.